The Morgan fingerprint density at radius 3 is 2.89 bits per heavy atom. The van der Waals surface area contributed by atoms with Gasteiger partial charge in [0.1, 0.15) is 0 Å². The van der Waals surface area contributed by atoms with E-state index in [1.54, 1.807) is 0 Å². The predicted molar refractivity (Wildman–Crippen MR) is 82.6 cm³/mol. The van der Waals surface area contributed by atoms with Crippen molar-refractivity contribution in [2.75, 3.05) is 11.9 Å². The average molecular weight is 262 g/mol. The Balaban J connectivity index is 1.95. The molecular formula is C15H22N2S. The molecule has 0 spiro atoms. The molecule has 1 unspecified atom stereocenters. The molecule has 0 fully saturated rings. The Bertz CT molecular complexity index is 426. The summed E-state index contributed by atoms with van der Waals surface area (Å²) in [7, 11) is 0. The number of hydrogen-bond donors (Lipinski definition) is 1. The molecule has 2 nitrogen and oxygen atoms in total. The highest BCUT2D eigenvalue weighted by Crippen LogP contribution is 2.28. The van der Waals surface area contributed by atoms with Crippen LogP contribution >= 0.6 is 11.8 Å². The van der Waals surface area contributed by atoms with E-state index in [9.17, 15) is 0 Å². The standard InChI is InChI=1S/C15H22N2S/c1-4-12-7-5-6-8-14(12)17-15-16-10-13(18-15)9-11(2)3/h5-8,11,13H,4,9-10H2,1-3H3,(H,16,17). The number of amidine groups is 1. The zero-order chi connectivity index (χ0) is 13.0. The van der Waals surface area contributed by atoms with E-state index in [0.29, 0.717) is 5.25 Å². The molecule has 1 aliphatic rings. The van der Waals surface area contributed by atoms with Crippen LogP contribution in [0.1, 0.15) is 32.8 Å². The molecule has 1 aromatic carbocycles. The fourth-order valence-corrected chi connectivity index (χ4v) is 3.46. The van der Waals surface area contributed by atoms with Crippen molar-refractivity contribution >= 4 is 22.6 Å². The van der Waals surface area contributed by atoms with Crippen LogP contribution in [0.2, 0.25) is 0 Å². The fraction of sp³-hybridized carbons (Fsp3) is 0.533. The van der Waals surface area contributed by atoms with Gasteiger partial charge in [-0.2, -0.15) is 0 Å². The van der Waals surface area contributed by atoms with E-state index in [4.69, 9.17) is 0 Å². The minimum Gasteiger partial charge on any atom is -0.335 e. The number of hydrogen-bond acceptors (Lipinski definition) is 3. The van der Waals surface area contributed by atoms with Gasteiger partial charge in [-0.1, -0.05) is 50.7 Å². The number of para-hydroxylation sites is 1. The van der Waals surface area contributed by atoms with E-state index in [0.717, 1.165) is 24.1 Å². The number of nitrogens with one attached hydrogen (secondary N) is 1. The second-order valence-electron chi connectivity index (χ2n) is 5.15. The lowest BCUT2D eigenvalue weighted by atomic mass is 10.1. The Morgan fingerprint density at radius 2 is 2.17 bits per heavy atom. The molecule has 0 saturated carbocycles. The minimum absolute atomic E-state index is 0.654. The van der Waals surface area contributed by atoms with Crippen LogP contribution in [0.4, 0.5) is 5.69 Å². The molecule has 0 aliphatic carbocycles. The Morgan fingerprint density at radius 1 is 1.39 bits per heavy atom. The molecule has 0 bridgehead atoms. The van der Waals surface area contributed by atoms with Crippen molar-refractivity contribution in [1.29, 1.82) is 0 Å². The summed E-state index contributed by atoms with van der Waals surface area (Å²) in [6.07, 6.45) is 2.30. The summed E-state index contributed by atoms with van der Waals surface area (Å²) in [6, 6.07) is 8.48. The first-order chi connectivity index (χ1) is 8.69. The van der Waals surface area contributed by atoms with Gasteiger partial charge < -0.3 is 5.32 Å². The number of nitrogens with zero attached hydrogens (tertiary/aromatic N) is 1. The van der Waals surface area contributed by atoms with Crippen LogP contribution in [0.3, 0.4) is 0 Å². The van der Waals surface area contributed by atoms with Gasteiger partial charge in [-0.05, 0) is 30.4 Å². The minimum atomic E-state index is 0.654. The second kappa shape index (κ2) is 6.28. The number of anilines is 1. The molecule has 1 N–H and O–H groups in total. The molecule has 2 rings (SSSR count). The Hall–Kier alpha value is -0.960. The summed E-state index contributed by atoms with van der Waals surface area (Å²) in [5.41, 5.74) is 2.56. The van der Waals surface area contributed by atoms with E-state index in [1.165, 1.54) is 17.7 Å². The van der Waals surface area contributed by atoms with Crippen LogP contribution < -0.4 is 5.32 Å². The summed E-state index contributed by atoms with van der Waals surface area (Å²) in [5, 5.41) is 5.22. The highest BCUT2D eigenvalue weighted by atomic mass is 32.2. The molecule has 18 heavy (non-hydrogen) atoms. The fourth-order valence-electron chi connectivity index (χ4n) is 2.20. The maximum Gasteiger partial charge on any atom is 0.161 e. The molecule has 1 atom stereocenters. The van der Waals surface area contributed by atoms with Crippen molar-refractivity contribution in [3.63, 3.8) is 0 Å². The maximum atomic E-state index is 4.61. The van der Waals surface area contributed by atoms with Crippen LogP contribution in [0.25, 0.3) is 0 Å². The van der Waals surface area contributed by atoms with Crippen LogP contribution in [-0.4, -0.2) is 17.0 Å². The van der Waals surface area contributed by atoms with Gasteiger partial charge in [-0.15, -0.1) is 0 Å². The van der Waals surface area contributed by atoms with E-state index in [2.05, 4.69) is 55.3 Å². The Kier molecular flexibility index (Phi) is 4.70. The first kappa shape index (κ1) is 13.5. The topological polar surface area (TPSA) is 24.4 Å². The van der Waals surface area contributed by atoms with Gasteiger partial charge in [0.25, 0.3) is 0 Å². The molecule has 0 radical (unpaired) electrons. The summed E-state index contributed by atoms with van der Waals surface area (Å²) in [5.74, 6) is 0.750. The predicted octanol–water partition coefficient (Wildman–Crippen LogP) is 4.18. The van der Waals surface area contributed by atoms with E-state index in [-0.39, 0.29) is 0 Å². The second-order valence-corrected chi connectivity index (χ2v) is 6.44. The molecule has 98 valence electrons. The van der Waals surface area contributed by atoms with Crippen LogP contribution in [-0.2, 0) is 6.42 Å². The van der Waals surface area contributed by atoms with E-state index in [1.807, 2.05) is 11.8 Å². The van der Waals surface area contributed by atoms with Crippen LogP contribution in [0.5, 0.6) is 0 Å². The molecule has 0 aromatic heterocycles. The summed E-state index contributed by atoms with van der Waals surface area (Å²) in [6.45, 7) is 7.70. The lowest BCUT2D eigenvalue weighted by Crippen LogP contribution is -2.10. The molecule has 0 amide bonds. The number of aryl methyl sites for hydroxylation is 1. The van der Waals surface area contributed by atoms with E-state index < -0.39 is 0 Å². The molecule has 1 aliphatic heterocycles. The van der Waals surface area contributed by atoms with E-state index >= 15 is 0 Å². The zero-order valence-electron chi connectivity index (χ0n) is 11.4. The average Bonchev–Trinajstić information content (AvgIpc) is 2.76. The van der Waals surface area contributed by atoms with Crippen LogP contribution in [0.15, 0.2) is 29.3 Å². The van der Waals surface area contributed by atoms with Crippen molar-refractivity contribution in [1.82, 2.24) is 0 Å². The van der Waals surface area contributed by atoms with Crippen molar-refractivity contribution in [3.05, 3.63) is 29.8 Å². The Labute approximate surface area is 114 Å². The van der Waals surface area contributed by atoms with Gasteiger partial charge in [-0.25, -0.2) is 0 Å². The summed E-state index contributed by atoms with van der Waals surface area (Å²) >= 11 is 1.89. The summed E-state index contributed by atoms with van der Waals surface area (Å²) < 4.78 is 0. The lowest BCUT2D eigenvalue weighted by molar-refractivity contribution is 0.575. The number of rotatable bonds is 4. The quantitative estimate of drug-likeness (QED) is 0.880. The van der Waals surface area contributed by atoms with Crippen molar-refractivity contribution in [2.45, 2.75) is 38.9 Å². The SMILES string of the molecule is CCc1ccccc1NC1=NCC(CC(C)C)S1. The molecule has 3 heteroatoms. The third kappa shape index (κ3) is 3.52. The molecule has 0 saturated heterocycles. The summed E-state index contributed by atoms with van der Waals surface area (Å²) in [4.78, 5) is 4.61. The first-order valence-electron chi connectivity index (χ1n) is 6.75. The maximum absolute atomic E-state index is 4.61. The van der Waals surface area contributed by atoms with Crippen LogP contribution in [0, 0.1) is 5.92 Å². The number of aliphatic imine (C=N–C) groups is 1. The molecular weight excluding hydrogens is 240 g/mol. The molecule has 1 heterocycles. The smallest absolute Gasteiger partial charge is 0.161 e. The third-order valence-corrected chi connectivity index (χ3v) is 4.22. The largest absolute Gasteiger partial charge is 0.335 e. The highest BCUT2D eigenvalue weighted by molar-refractivity contribution is 8.15. The van der Waals surface area contributed by atoms with Crippen molar-refractivity contribution in [3.8, 4) is 0 Å². The zero-order valence-corrected chi connectivity index (χ0v) is 12.3. The van der Waals surface area contributed by atoms with Gasteiger partial charge in [0.15, 0.2) is 5.17 Å². The number of thioether (sulfide) groups is 1. The monoisotopic (exact) mass is 262 g/mol. The van der Waals surface area contributed by atoms with Gasteiger partial charge in [0, 0.05) is 10.9 Å². The van der Waals surface area contributed by atoms with Gasteiger partial charge in [0.05, 0.1) is 6.54 Å². The van der Waals surface area contributed by atoms with Gasteiger partial charge >= 0.3 is 0 Å². The lowest BCUT2D eigenvalue weighted by Gasteiger charge is -2.12. The van der Waals surface area contributed by atoms with Gasteiger partial charge in [-0.3, -0.25) is 4.99 Å². The number of benzene rings is 1. The first-order valence-corrected chi connectivity index (χ1v) is 7.63. The molecule has 1 aromatic rings. The third-order valence-electron chi connectivity index (χ3n) is 3.09. The highest BCUT2D eigenvalue weighted by Gasteiger charge is 2.20. The van der Waals surface area contributed by atoms with Gasteiger partial charge in [0.2, 0.25) is 0 Å². The normalized spacial score (nSPS) is 19.1. The van der Waals surface area contributed by atoms with Crippen molar-refractivity contribution in [2.24, 2.45) is 10.9 Å². The van der Waals surface area contributed by atoms with Crippen molar-refractivity contribution < 1.29 is 0 Å².